The molecule has 1 saturated carbocycles. The van der Waals surface area contributed by atoms with E-state index >= 15 is 0 Å². The summed E-state index contributed by atoms with van der Waals surface area (Å²) in [4.78, 5) is 13.5. The Morgan fingerprint density at radius 1 is 1.27 bits per heavy atom. The Balaban J connectivity index is 2.14. The van der Waals surface area contributed by atoms with E-state index < -0.39 is 0 Å². The lowest BCUT2D eigenvalue weighted by atomic mass is 9.88. The van der Waals surface area contributed by atoms with Gasteiger partial charge in [0.15, 0.2) is 0 Å². The van der Waals surface area contributed by atoms with Crippen molar-refractivity contribution in [3.63, 3.8) is 0 Å². The van der Waals surface area contributed by atoms with Gasteiger partial charge in [-0.3, -0.25) is 4.90 Å². The van der Waals surface area contributed by atoms with Gasteiger partial charge in [-0.1, -0.05) is 25.7 Å². The second-order valence-corrected chi connectivity index (χ2v) is 4.61. The number of hydrogen-bond acceptors (Lipinski definition) is 3. The molecule has 0 unspecified atom stereocenters. The van der Waals surface area contributed by atoms with Crippen molar-refractivity contribution >= 4 is 6.09 Å². The first-order valence-electron chi connectivity index (χ1n) is 5.93. The number of rotatable bonds is 2. The van der Waals surface area contributed by atoms with Crippen LogP contribution in [0.3, 0.4) is 0 Å². The van der Waals surface area contributed by atoms with Crippen molar-refractivity contribution in [1.82, 2.24) is 4.90 Å². The number of carbonyl (C=O) groups excluding carboxylic acids is 1. The SMILES string of the molecule is NCC1(N2CCOC2=O)CCCCCC1. The minimum atomic E-state index is -0.164. The standard InChI is InChI=1S/C11H20N2O2/c12-9-11(5-3-1-2-4-6-11)13-7-8-15-10(13)14/h1-9,12H2. The molecule has 0 aromatic carbocycles. The fourth-order valence-corrected chi connectivity index (χ4v) is 2.80. The molecule has 2 rings (SSSR count). The number of amides is 1. The van der Waals surface area contributed by atoms with Crippen LogP contribution in [0.15, 0.2) is 0 Å². The summed E-state index contributed by atoms with van der Waals surface area (Å²) in [6.45, 7) is 1.82. The molecule has 1 saturated heterocycles. The van der Waals surface area contributed by atoms with Crippen LogP contribution < -0.4 is 5.73 Å². The molecule has 0 radical (unpaired) electrons. The number of cyclic esters (lactones) is 1. The van der Waals surface area contributed by atoms with Gasteiger partial charge in [0.2, 0.25) is 0 Å². The number of nitrogens with zero attached hydrogens (tertiary/aromatic N) is 1. The first-order valence-corrected chi connectivity index (χ1v) is 5.93. The van der Waals surface area contributed by atoms with Gasteiger partial charge in [-0.25, -0.2) is 4.79 Å². The Hall–Kier alpha value is -0.770. The summed E-state index contributed by atoms with van der Waals surface area (Å²) in [5.74, 6) is 0. The maximum absolute atomic E-state index is 11.6. The van der Waals surface area contributed by atoms with Gasteiger partial charge in [0.25, 0.3) is 0 Å². The van der Waals surface area contributed by atoms with Gasteiger partial charge < -0.3 is 10.5 Å². The third-order valence-electron chi connectivity index (χ3n) is 3.75. The third-order valence-corrected chi connectivity index (χ3v) is 3.75. The van der Waals surface area contributed by atoms with Gasteiger partial charge in [0.05, 0.1) is 12.1 Å². The zero-order chi connectivity index (χ0) is 10.7. The summed E-state index contributed by atoms with van der Waals surface area (Å²) in [6.07, 6.45) is 6.82. The molecule has 15 heavy (non-hydrogen) atoms. The Morgan fingerprint density at radius 2 is 1.93 bits per heavy atom. The first-order chi connectivity index (χ1) is 7.28. The number of ether oxygens (including phenoxy) is 1. The maximum atomic E-state index is 11.6. The van der Waals surface area contributed by atoms with E-state index in [-0.39, 0.29) is 11.6 Å². The summed E-state index contributed by atoms with van der Waals surface area (Å²) >= 11 is 0. The molecule has 0 atom stereocenters. The molecule has 2 N–H and O–H groups in total. The van der Waals surface area contributed by atoms with E-state index in [1.54, 1.807) is 0 Å². The number of hydrogen-bond donors (Lipinski definition) is 1. The zero-order valence-electron chi connectivity index (χ0n) is 9.21. The van der Waals surface area contributed by atoms with Crippen LogP contribution in [0.2, 0.25) is 0 Å². The summed E-state index contributed by atoms with van der Waals surface area (Å²) in [5.41, 5.74) is 5.79. The molecule has 1 heterocycles. The highest BCUT2D eigenvalue weighted by molar-refractivity contribution is 5.70. The van der Waals surface area contributed by atoms with E-state index in [4.69, 9.17) is 10.5 Å². The Morgan fingerprint density at radius 3 is 2.40 bits per heavy atom. The minimum absolute atomic E-state index is 0.107. The molecule has 4 nitrogen and oxygen atoms in total. The largest absolute Gasteiger partial charge is 0.448 e. The van der Waals surface area contributed by atoms with Crippen molar-refractivity contribution in [2.24, 2.45) is 5.73 Å². The lowest BCUT2D eigenvalue weighted by Crippen LogP contribution is -2.54. The summed E-state index contributed by atoms with van der Waals surface area (Å²) in [7, 11) is 0. The monoisotopic (exact) mass is 212 g/mol. The third kappa shape index (κ3) is 1.95. The van der Waals surface area contributed by atoms with Gasteiger partial charge >= 0.3 is 6.09 Å². The quantitative estimate of drug-likeness (QED) is 0.705. The Labute approximate surface area is 90.8 Å². The van der Waals surface area contributed by atoms with Crippen LogP contribution in [-0.4, -0.2) is 36.2 Å². The molecule has 2 aliphatic rings. The van der Waals surface area contributed by atoms with E-state index in [9.17, 15) is 4.79 Å². The number of nitrogens with two attached hydrogens (primary N) is 1. The second-order valence-electron chi connectivity index (χ2n) is 4.61. The average molecular weight is 212 g/mol. The van der Waals surface area contributed by atoms with Gasteiger partial charge in [-0.05, 0) is 12.8 Å². The highest BCUT2D eigenvalue weighted by atomic mass is 16.6. The topological polar surface area (TPSA) is 55.6 Å². The molecule has 0 aromatic heterocycles. The molecule has 1 aliphatic heterocycles. The van der Waals surface area contributed by atoms with Gasteiger partial charge in [-0.15, -0.1) is 0 Å². The van der Waals surface area contributed by atoms with Crippen LogP contribution in [0.5, 0.6) is 0 Å². The van der Waals surface area contributed by atoms with Gasteiger partial charge in [-0.2, -0.15) is 0 Å². The first kappa shape index (κ1) is 10.7. The van der Waals surface area contributed by atoms with Crippen molar-refractivity contribution in [2.75, 3.05) is 19.7 Å². The van der Waals surface area contributed by atoms with Crippen LogP contribution >= 0.6 is 0 Å². The summed E-state index contributed by atoms with van der Waals surface area (Å²) < 4.78 is 5.02. The molecule has 0 aromatic rings. The van der Waals surface area contributed by atoms with E-state index in [1.807, 2.05) is 4.90 Å². The fourth-order valence-electron chi connectivity index (χ4n) is 2.80. The molecule has 4 heteroatoms. The highest BCUT2D eigenvalue weighted by Crippen LogP contribution is 2.33. The smallest absolute Gasteiger partial charge is 0.410 e. The Kier molecular flexibility index (Phi) is 3.14. The van der Waals surface area contributed by atoms with E-state index in [0.29, 0.717) is 13.2 Å². The molecule has 1 amide bonds. The van der Waals surface area contributed by atoms with Crippen LogP contribution in [0.1, 0.15) is 38.5 Å². The van der Waals surface area contributed by atoms with Crippen LogP contribution in [0.25, 0.3) is 0 Å². The van der Waals surface area contributed by atoms with Crippen LogP contribution in [0, 0.1) is 0 Å². The van der Waals surface area contributed by atoms with E-state index in [0.717, 1.165) is 19.4 Å². The van der Waals surface area contributed by atoms with Crippen molar-refractivity contribution in [3.05, 3.63) is 0 Å². The molecule has 1 aliphatic carbocycles. The normalized spacial score (nSPS) is 26.2. The molecule has 0 bridgehead atoms. The predicted octanol–water partition coefficient (Wildman–Crippen LogP) is 1.49. The molecular weight excluding hydrogens is 192 g/mol. The molecule has 86 valence electrons. The average Bonchev–Trinajstić information content (AvgIpc) is 2.56. The molecule has 2 fully saturated rings. The lowest BCUT2D eigenvalue weighted by molar-refractivity contribution is 0.103. The molecule has 0 spiro atoms. The fraction of sp³-hybridized carbons (Fsp3) is 0.909. The lowest BCUT2D eigenvalue weighted by Gasteiger charge is -2.38. The summed E-state index contributed by atoms with van der Waals surface area (Å²) in [5, 5.41) is 0. The van der Waals surface area contributed by atoms with E-state index in [2.05, 4.69) is 0 Å². The van der Waals surface area contributed by atoms with Crippen LogP contribution in [0.4, 0.5) is 4.79 Å². The second kappa shape index (κ2) is 4.39. The number of carbonyl (C=O) groups is 1. The maximum Gasteiger partial charge on any atom is 0.410 e. The van der Waals surface area contributed by atoms with Crippen molar-refractivity contribution < 1.29 is 9.53 Å². The Bertz CT molecular complexity index is 235. The zero-order valence-corrected chi connectivity index (χ0v) is 9.21. The molecular formula is C11H20N2O2. The van der Waals surface area contributed by atoms with Crippen LogP contribution in [-0.2, 0) is 4.74 Å². The summed E-state index contributed by atoms with van der Waals surface area (Å²) in [6, 6.07) is 0. The minimum Gasteiger partial charge on any atom is -0.448 e. The van der Waals surface area contributed by atoms with Gasteiger partial charge in [0.1, 0.15) is 6.61 Å². The van der Waals surface area contributed by atoms with Crippen molar-refractivity contribution in [1.29, 1.82) is 0 Å². The van der Waals surface area contributed by atoms with E-state index in [1.165, 1.54) is 25.7 Å². The highest BCUT2D eigenvalue weighted by Gasteiger charge is 2.41. The predicted molar refractivity (Wildman–Crippen MR) is 57.5 cm³/mol. The van der Waals surface area contributed by atoms with Crippen molar-refractivity contribution in [2.45, 2.75) is 44.1 Å². The van der Waals surface area contributed by atoms with Gasteiger partial charge in [0, 0.05) is 6.54 Å². The van der Waals surface area contributed by atoms with Crippen molar-refractivity contribution in [3.8, 4) is 0 Å².